The molecule has 0 aliphatic heterocycles. The Hall–Kier alpha value is -2.87. The predicted octanol–water partition coefficient (Wildman–Crippen LogP) is 3.21. The largest absolute Gasteiger partial charge is 0.497 e. The topological polar surface area (TPSA) is 97.1 Å². The molecule has 0 fully saturated rings. The molecular weight excluding hydrogens is 356 g/mol. The summed E-state index contributed by atoms with van der Waals surface area (Å²) in [7, 11) is 1.65. The number of rotatable bonds is 9. The van der Waals surface area contributed by atoms with Gasteiger partial charge < -0.3 is 25.0 Å². The van der Waals surface area contributed by atoms with Crippen LogP contribution in [-0.4, -0.2) is 44.4 Å². The summed E-state index contributed by atoms with van der Waals surface area (Å²) in [6, 6.07) is 8.01. The van der Waals surface area contributed by atoms with E-state index in [1.165, 1.54) is 0 Å². The number of anilines is 2. The molecule has 1 atom stereocenters. The fourth-order valence-corrected chi connectivity index (χ4v) is 2.87. The van der Waals surface area contributed by atoms with Gasteiger partial charge in [-0.2, -0.15) is 9.97 Å². The van der Waals surface area contributed by atoms with E-state index in [4.69, 9.17) is 4.74 Å². The van der Waals surface area contributed by atoms with Crippen LogP contribution in [0.15, 0.2) is 30.6 Å². The number of fused-ring (bicyclic) bond motifs is 1. The molecule has 150 valence electrons. The Morgan fingerprint density at radius 2 is 1.93 bits per heavy atom. The van der Waals surface area contributed by atoms with Crippen molar-refractivity contribution in [3.05, 3.63) is 36.2 Å². The van der Waals surface area contributed by atoms with E-state index < -0.39 is 0 Å². The van der Waals surface area contributed by atoms with Crippen LogP contribution in [0.2, 0.25) is 0 Å². The van der Waals surface area contributed by atoms with Gasteiger partial charge in [0.1, 0.15) is 5.75 Å². The molecule has 0 radical (unpaired) electrons. The first-order valence-electron chi connectivity index (χ1n) is 9.54. The summed E-state index contributed by atoms with van der Waals surface area (Å²) in [6.45, 7) is 6.80. The molecule has 0 bridgehead atoms. The van der Waals surface area contributed by atoms with Gasteiger partial charge in [-0.3, -0.25) is 0 Å². The first-order valence-corrected chi connectivity index (χ1v) is 9.54. The fourth-order valence-electron chi connectivity index (χ4n) is 2.87. The van der Waals surface area contributed by atoms with Gasteiger partial charge in [0.2, 0.25) is 5.95 Å². The Kier molecular flexibility index (Phi) is 6.30. The van der Waals surface area contributed by atoms with Crippen molar-refractivity contribution >= 4 is 22.9 Å². The van der Waals surface area contributed by atoms with Crippen molar-refractivity contribution in [3.8, 4) is 5.75 Å². The third-order valence-electron chi connectivity index (χ3n) is 4.64. The number of aromatic nitrogens is 4. The quantitative estimate of drug-likeness (QED) is 0.521. The minimum absolute atomic E-state index is 0.0238. The fraction of sp³-hybridized carbons (Fsp3) is 0.450. The van der Waals surface area contributed by atoms with Gasteiger partial charge in [0.15, 0.2) is 17.0 Å². The molecule has 0 amide bonds. The van der Waals surface area contributed by atoms with Crippen molar-refractivity contribution in [3.63, 3.8) is 0 Å². The highest BCUT2D eigenvalue weighted by Crippen LogP contribution is 2.24. The van der Waals surface area contributed by atoms with Crippen LogP contribution in [0.4, 0.5) is 11.8 Å². The number of aliphatic hydroxyl groups is 1. The van der Waals surface area contributed by atoms with Gasteiger partial charge in [-0.05, 0) is 38.0 Å². The average Bonchev–Trinajstić information content (AvgIpc) is 3.15. The van der Waals surface area contributed by atoms with Crippen molar-refractivity contribution in [1.29, 1.82) is 0 Å². The smallest absolute Gasteiger partial charge is 0.227 e. The Morgan fingerprint density at radius 1 is 1.18 bits per heavy atom. The van der Waals surface area contributed by atoms with E-state index in [0.717, 1.165) is 28.9 Å². The second-order valence-corrected chi connectivity index (χ2v) is 6.95. The van der Waals surface area contributed by atoms with Crippen LogP contribution in [0.3, 0.4) is 0 Å². The van der Waals surface area contributed by atoms with E-state index in [9.17, 15) is 5.11 Å². The molecule has 0 aliphatic carbocycles. The SMILES string of the molecule is CC[C@H](CO)Nc1nc(NCc2ccc(OC)cc2)c2ncn(C(C)C)c2n1. The molecule has 0 saturated carbocycles. The monoisotopic (exact) mass is 384 g/mol. The van der Waals surface area contributed by atoms with Gasteiger partial charge in [-0.15, -0.1) is 0 Å². The van der Waals surface area contributed by atoms with Crippen LogP contribution in [0.25, 0.3) is 11.2 Å². The summed E-state index contributed by atoms with van der Waals surface area (Å²) in [5.41, 5.74) is 2.59. The number of hydrogen-bond acceptors (Lipinski definition) is 7. The maximum atomic E-state index is 9.51. The van der Waals surface area contributed by atoms with Crippen LogP contribution in [0, 0.1) is 0 Å². The molecule has 0 saturated heterocycles. The van der Waals surface area contributed by atoms with E-state index >= 15 is 0 Å². The van der Waals surface area contributed by atoms with Crippen LogP contribution in [0.1, 0.15) is 38.8 Å². The highest BCUT2D eigenvalue weighted by atomic mass is 16.5. The van der Waals surface area contributed by atoms with Crippen LogP contribution < -0.4 is 15.4 Å². The molecule has 8 nitrogen and oxygen atoms in total. The van der Waals surface area contributed by atoms with Crippen molar-refractivity contribution in [2.45, 2.75) is 45.8 Å². The minimum atomic E-state index is -0.0951. The molecule has 2 aromatic heterocycles. The molecular formula is C20H28N6O2. The molecule has 0 aliphatic rings. The normalized spacial score (nSPS) is 12.4. The number of methoxy groups -OCH3 is 1. The van der Waals surface area contributed by atoms with Crippen molar-refractivity contribution in [1.82, 2.24) is 19.5 Å². The first-order chi connectivity index (χ1) is 13.5. The third kappa shape index (κ3) is 4.33. The Balaban J connectivity index is 1.91. The maximum Gasteiger partial charge on any atom is 0.227 e. The maximum absolute atomic E-state index is 9.51. The standard InChI is InChI=1S/C20H28N6O2/c1-5-15(11-27)23-20-24-18(17-19(25-20)26(12-22-17)13(2)3)21-10-14-6-8-16(28-4)9-7-14/h6-9,12-13,15,27H,5,10-11H2,1-4H3,(H2,21,23,24,25)/t15-/m1/s1. The van der Waals surface area contributed by atoms with Crippen molar-refractivity contribution in [2.75, 3.05) is 24.4 Å². The van der Waals surface area contributed by atoms with E-state index in [-0.39, 0.29) is 18.7 Å². The second kappa shape index (κ2) is 8.88. The highest BCUT2D eigenvalue weighted by Gasteiger charge is 2.16. The van der Waals surface area contributed by atoms with Gasteiger partial charge in [-0.1, -0.05) is 19.1 Å². The summed E-state index contributed by atoms with van der Waals surface area (Å²) in [5.74, 6) is 1.97. The van der Waals surface area contributed by atoms with E-state index in [1.807, 2.05) is 35.8 Å². The first kappa shape index (κ1) is 19.9. The molecule has 3 aromatic rings. The van der Waals surface area contributed by atoms with Crippen LogP contribution >= 0.6 is 0 Å². The van der Waals surface area contributed by atoms with E-state index in [2.05, 4.69) is 39.4 Å². The zero-order valence-electron chi connectivity index (χ0n) is 16.8. The number of hydrogen-bond donors (Lipinski definition) is 3. The predicted molar refractivity (Wildman–Crippen MR) is 111 cm³/mol. The zero-order valence-corrected chi connectivity index (χ0v) is 16.8. The molecule has 0 unspecified atom stereocenters. The van der Waals surface area contributed by atoms with Gasteiger partial charge in [0.25, 0.3) is 0 Å². The summed E-state index contributed by atoms with van der Waals surface area (Å²) >= 11 is 0. The molecule has 3 rings (SSSR count). The number of nitrogens with zero attached hydrogens (tertiary/aromatic N) is 4. The Bertz CT molecular complexity index is 903. The number of aliphatic hydroxyl groups excluding tert-OH is 1. The molecule has 1 aromatic carbocycles. The van der Waals surface area contributed by atoms with Gasteiger partial charge in [-0.25, -0.2) is 4.98 Å². The van der Waals surface area contributed by atoms with Gasteiger partial charge >= 0.3 is 0 Å². The summed E-state index contributed by atoms with van der Waals surface area (Å²) in [6.07, 6.45) is 2.56. The molecule has 0 spiro atoms. The lowest BCUT2D eigenvalue weighted by Crippen LogP contribution is -2.24. The van der Waals surface area contributed by atoms with E-state index in [1.54, 1.807) is 13.4 Å². The lowest BCUT2D eigenvalue weighted by atomic mass is 10.2. The number of imidazole rings is 1. The second-order valence-electron chi connectivity index (χ2n) is 6.95. The Morgan fingerprint density at radius 3 is 2.54 bits per heavy atom. The van der Waals surface area contributed by atoms with Gasteiger partial charge in [0.05, 0.1) is 26.1 Å². The molecule has 2 heterocycles. The molecule has 28 heavy (non-hydrogen) atoms. The van der Waals surface area contributed by atoms with Crippen LogP contribution in [-0.2, 0) is 6.54 Å². The average molecular weight is 384 g/mol. The summed E-state index contributed by atoms with van der Waals surface area (Å²) in [5, 5.41) is 16.1. The number of nitrogens with one attached hydrogen (secondary N) is 2. The van der Waals surface area contributed by atoms with Crippen molar-refractivity contribution < 1.29 is 9.84 Å². The van der Waals surface area contributed by atoms with Gasteiger partial charge in [0, 0.05) is 12.6 Å². The number of benzene rings is 1. The minimum Gasteiger partial charge on any atom is -0.497 e. The highest BCUT2D eigenvalue weighted by molar-refractivity contribution is 5.84. The van der Waals surface area contributed by atoms with Crippen molar-refractivity contribution in [2.24, 2.45) is 0 Å². The molecule has 8 heteroatoms. The lowest BCUT2D eigenvalue weighted by molar-refractivity contribution is 0.271. The van der Waals surface area contributed by atoms with E-state index in [0.29, 0.717) is 18.3 Å². The molecule has 3 N–H and O–H groups in total. The summed E-state index contributed by atoms with van der Waals surface area (Å²) in [4.78, 5) is 13.8. The van der Waals surface area contributed by atoms with Crippen LogP contribution in [0.5, 0.6) is 5.75 Å². The number of ether oxygens (including phenoxy) is 1. The Labute approximate surface area is 165 Å². The summed E-state index contributed by atoms with van der Waals surface area (Å²) < 4.78 is 7.22. The lowest BCUT2D eigenvalue weighted by Gasteiger charge is -2.16. The third-order valence-corrected chi connectivity index (χ3v) is 4.64. The zero-order chi connectivity index (χ0) is 20.1.